The van der Waals surface area contributed by atoms with Crippen LogP contribution in [0.1, 0.15) is 29.3 Å². The lowest BCUT2D eigenvalue weighted by Crippen LogP contribution is -2.13. The average molecular weight is 317 g/mol. The van der Waals surface area contributed by atoms with Crippen LogP contribution in [-0.4, -0.2) is 17.4 Å². The maximum Gasteiger partial charge on any atom is 0.180 e. The molecule has 0 amide bonds. The zero-order chi connectivity index (χ0) is 15.9. The Labute approximate surface area is 133 Å². The molecule has 5 heteroatoms. The lowest BCUT2D eigenvalue weighted by molar-refractivity contribution is 0.112. The predicted molar refractivity (Wildman–Crippen MR) is 88.8 cm³/mol. The van der Waals surface area contributed by atoms with E-state index in [2.05, 4.69) is 4.72 Å². The summed E-state index contributed by atoms with van der Waals surface area (Å²) in [5, 5.41) is 0. The van der Waals surface area contributed by atoms with Crippen molar-refractivity contribution in [3.05, 3.63) is 53.6 Å². The monoisotopic (exact) mass is 317 g/mol. The first-order chi connectivity index (χ1) is 10.6. The van der Waals surface area contributed by atoms with Crippen LogP contribution in [0, 0.1) is 6.92 Å². The molecule has 22 heavy (non-hydrogen) atoms. The van der Waals surface area contributed by atoms with Crippen molar-refractivity contribution < 1.29 is 14.1 Å². The Kier molecular flexibility index (Phi) is 5.86. The number of nitrogens with one attached hydrogen (secondary N) is 1. The van der Waals surface area contributed by atoms with Gasteiger partial charge in [0.2, 0.25) is 0 Å². The maximum atomic E-state index is 12.3. The van der Waals surface area contributed by atoms with Gasteiger partial charge in [0.05, 0.1) is 12.3 Å². The van der Waals surface area contributed by atoms with Crippen LogP contribution in [0.3, 0.4) is 0 Å². The van der Waals surface area contributed by atoms with E-state index in [0.717, 1.165) is 29.7 Å². The van der Waals surface area contributed by atoms with Crippen LogP contribution in [0.5, 0.6) is 5.75 Å². The van der Waals surface area contributed by atoms with Crippen LogP contribution in [0.15, 0.2) is 47.4 Å². The average Bonchev–Trinajstić information content (AvgIpc) is 2.54. The molecular weight excluding hydrogens is 298 g/mol. The van der Waals surface area contributed by atoms with Gasteiger partial charge in [-0.25, -0.2) is 4.72 Å². The number of aryl methyl sites for hydroxylation is 1. The molecule has 1 unspecified atom stereocenters. The third-order valence-corrected chi connectivity index (χ3v) is 4.23. The SMILES string of the molecule is CCCOc1ccc(N[S+]([O-])c2ccc(C)c(C=O)c2)cc1. The summed E-state index contributed by atoms with van der Waals surface area (Å²) in [6.45, 7) is 4.57. The van der Waals surface area contributed by atoms with E-state index < -0.39 is 11.4 Å². The summed E-state index contributed by atoms with van der Waals surface area (Å²) >= 11 is -1.42. The number of hydrogen-bond acceptors (Lipinski definition) is 4. The van der Waals surface area contributed by atoms with E-state index in [1.54, 1.807) is 18.2 Å². The minimum absolute atomic E-state index is 0.552. The number of ether oxygens (including phenoxy) is 1. The zero-order valence-electron chi connectivity index (χ0n) is 12.7. The van der Waals surface area contributed by atoms with Crippen LogP contribution in [0.2, 0.25) is 0 Å². The third kappa shape index (κ3) is 4.26. The van der Waals surface area contributed by atoms with E-state index in [1.165, 1.54) is 0 Å². The normalized spacial score (nSPS) is 11.8. The molecule has 0 aromatic heterocycles. The topological polar surface area (TPSA) is 61.4 Å². The van der Waals surface area contributed by atoms with Gasteiger partial charge < -0.3 is 9.29 Å². The van der Waals surface area contributed by atoms with Crippen LogP contribution in [0.25, 0.3) is 0 Å². The second-order valence-corrected chi connectivity index (χ2v) is 6.09. The molecule has 0 spiro atoms. The van der Waals surface area contributed by atoms with Gasteiger partial charge in [0.25, 0.3) is 0 Å². The molecule has 1 atom stereocenters. The Morgan fingerprint density at radius 2 is 1.95 bits per heavy atom. The molecule has 0 radical (unpaired) electrons. The molecule has 0 saturated heterocycles. The minimum Gasteiger partial charge on any atom is -0.588 e. The molecular formula is C17H19NO3S. The highest BCUT2D eigenvalue weighted by atomic mass is 32.2. The van der Waals surface area contributed by atoms with Gasteiger partial charge >= 0.3 is 0 Å². The molecule has 0 aliphatic carbocycles. The lowest BCUT2D eigenvalue weighted by Gasteiger charge is -2.13. The van der Waals surface area contributed by atoms with E-state index >= 15 is 0 Å². The van der Waals surface area contributed by atoms with Crippen LogP contribution in [-0.2, 0) is 11.4 Å². The number of anilines is 1. The summed E-state index contributed by atoms with van der Waals surface area (Å²) in [5.74, 6) is 0.789. The van der Waals surface area contributed by atoms with Crippen molar-refractivity contribution in [1.29, 1.82) is 0 Å². The smallest absolute Gasteiger partial charge is 0.180 e. The number of benzene rings is 2. The fourth-order valence-electron chi connectivity index (χ4n) is 1.87. The molecule has 0 heterocycles. The zero-order valence-corrected chi connectivity index (χ0v) is 13.5. The van der Waals surface area contributed by atoms with Crippen LogP contribution < -0.4 is 9.46 Å². The van der Waals surface area contributed by atoms with Gasteiger partial charge in [-0.3, -0.25) is 4.79 Å². The Balaban J connectivity index is 2.05. The maximum absolute atomic E-state index is 12.3. The van der Waals surface area contributed by atoms with E-state index in [9.17, 15) is 9.35 Å². The fourth-order valence-corrected chi connectivity index (χ4v) is 2.76. The van der Waals surface area contributed by atoms with E-state index in [-0.39, 0.29) is 0 Å². The standard InChI is InChI=1S/C17H19NO3S/c1-3-10-21-16-7-5-15(6-8-16)18-22(20)17-9-4-13(2)14(11-17)12-19/h4-9,11-12,18H,3,10H2,1-2H3. The lowest BCUT2D eigenvalue weighted by atomic mass is 10.1. The quantitative estimate of drug-likeness (QED) is 0.624. The van der Waals surface area contributed by atoms with Crippen molar-refractivity contribution in [2.45, 2.75) is 25.2 Å². The molecule has 1 N–H and O–H groups in total. The highest BCUT2D eigenvalue weighted by molar-refractivity contribution is 7.92. The number of carbonyl (C=O) groups is 1. The number of aldehydes is 1. The summed E-state index contributed by atoms with van der Waals surface area (Å²) in [7, 11) is 0. The van der Waals surface area contributed by atoms with Crippen molar-refractivity contribution in [2.24, 2.45) is 0 Å². The summed E-state index contributed by atoms with van der Waals surface area (Å²) < 4.78 is 20.7. The largest absolute Gasteiger partial charge is 0.588 e. The number of rotatable bonds is 7. The molecule has 0 aliphatic rings. The summed E-state index contributed by atoms with van der Waals surface area (Å²) in [6.07, 6.45) is 1.73. The van der Waals surface area contributed by atoms with Crippen LogP contribution >= 0.6 is 0 Å². The molecule has 2 aromatic rings. The van der Waals surface area contributed by atoms with Crippen molar-refractivity contribution in [3.8, 4) is 5.75 Å². The van der Waals surface area contributed by atoms with Gasteiger partial charge in [0, 0.05) is 11.6 Å². The minimum atomic E-state index is -1.42. The molecule has 116 valence electrons. The van der Waals surface area contributed by atoms with Gasteiger partial charge in [-0.1, -0.05) is 13.0 Å². The van der Waals surface area contributed by atoms with Gasteiger partial charge in [0.1, 0.15) is 17.1 Å². The molecule has 2 aromatic carbocycles. The molecule has 0 saturated carbocycles. The highest BCUT2D eigenvalue weighted by Gasteiger charge is 2.13. The van der Waals surface area contributed by atoms with Crippen molar-refractivity contribution in [3.63, 3.8) is 0 Å². The second-order valence-electron chi connectivity index (χ2n) is 4.88. The first-order valence-electron chi connectivity index (χ1n) is 7.11. The highest BCUT2D eigenvalue weighted by Crippen LogP contribution is 2.21. The van der Waals surface area contributed by atoms with Crippen molar-refractivity contribution >= 4 is 23.3 Å². The number of carbonyl (C=O) groups excluding carboxylic acids is 1. The van der Waals surface area contributed by atoms with Gasteiger partial charge in [-0.15, -0.1) is 0 Å². The Hall–Kier alpha value is -1.98. The third-order valence-electron chi connectivity index (χ3n) is 3.13. The molecule has 0 fully saturated rings. The van der Waals surface area contributed by atoms with Crippen molar-refractivity contribution in [2.75, 3.05) is 11.3 Å². The molecule has 2 rings (SSSR count). The Morgan fingerprint density at radius 1 is 1.23 bits per heavy atom. The fraction of sp³-hybridized carbons (Fsp3) is 0.235. The summed E-state index contributed by atoms with van der Waals surface area (Å²) in [6, 6.07) is 12.5. The first kappa shape index (κ1) is 16.4. The van der Waals surface area contributed by atoms with Gasteiger partial charge in [-0.2, -0.15) is 0 Å². The number of hydrogen-bond donors (Lipinski definition) is 1. The van der Waals surface area contributed by atoms with Crippen molar-refractivity contribution in [1.82, 2.24) is 0 Å². The van der Waals surface area contributed by atoms with E-state index in [4.69, 9.17) is 4.74 Å². The predicted octanol–water partition coefficient (Wildman–Crippen LogP) is 3.73. The van der Waals surface area contributed by atoms with Crippen LogP contribution in [0.4, 0.5) is 5.69 Å². The van der Waals surface area contributed by atoms with Gasteiger partial charge in [-0.05, 0) is 49.2 Å². The summed E-state index contributed by atoms with van der Waals surface area (Å²) in [4.78, 5) is 11.5. The molecule has 0 bridgehead atoms. The first-order valence-corrected chi connectivity index (χ1v) is 8.26. The second kappa shape index (κ2) is 7.87. The Bertz CT molecular complexity index is 628. The molecule has 4 nitrogen and oxygen atoms in total. The van der Waals surface area contributed by atoms with E-state index in [1.807, 2.05) is 38.1 Å². The van der Waals surface area contributed by atoms with Gasteiger partial charge in [0.15, 0.2) is 11.2 Å². The van der Waals surface area contributed by atoms with E-state index in [0.29, 0.717) is 17.1 Å². The Morgan fingerprint density at radius 3 is 2.59 bits per heavy atom. The summed E-state index contributed by atoms with van der Waals surface area (Å²) in [5.41, 5.74) is 2.15. The molecule has 0 aliphatic heterocycles.